The fourth-order valence-corrected chi connectivity index (χ4v) is 3.04. The molecule has 1 saturated heterocycles. The highest BCUT2D eigenvalue weighted by Gasteiger charge is 2.28. The van der Waals surface area contributed by atoms with Gasteiger partial charge in [-0.1, -0.05) is 32.0 Å². The van der Waals surface area contributed by atoms with E-state index in [9.17, 15) is 9.90 Å². The zero-order valence-corrected chi connectivity index (χ0v) is 14.7. The number of aromatic amines is 1. The molecule has 0 unspecified atom stereocenters. The summed E-state index contributed by atoms with van der Waals surface area (Å²) in [7, 11) is 0. The Labute approximate surface area is 147 Å². The van der Waals surface area contributed by atoms with Crippen molar-refractivity contribution in [3.8, 4) is 0 Å². The van der Waals surface area contributed by atoms with Crippen molar-refractivity contribution in [3.63, 3.8) is 0 Å². The van der Waals surface area contributed by atoms with Crippen LogP contribution in [0.25, 0.3) is 10.9 Å². The van der Waals surface area contributed by atoms with E-state index in [4.69, 9.17) is 9.47 Å². The van der Waals surface area contributed by atoms with E-state index in [-0.39, 0.29) is 11.7 Å². The van der Waals surface area contributed by atoms with Gasteiger partial charge in [0.1, 0.15) is 6.04 Å². The van der Waals surface area contributed by atoms with E-state index >= 15 is 0 Å². The number of nitrogens with one attached hydrogen (secondary N) is 2. The van der Waals surface area contributed by atoms with Crippen LogP contribution in [-0.4, -0.2) is 48.2 Å². The SMILES string of the molecule is CC1(C)COC(CCN[C@@H](Cc2c[nH]c3ccccc23)C(=O)O)OC1. The number of hydrogen-bond acceptors (Lipinski definition) is 4. The first-order chi connectivity index (χ1) is 11.9. The number of aromatic nitrogens is 1. The van der Waals surface area contributed by atoms with Crippen LogP contribution in [0.4, 0.5) is 0 Å². The van der Waals surface area contributed by atoms with Crippen LogP contribution in [0.2, 0.25) is 0 Å². The predicted octanol–water partition coefficient (Wildman–Crippen LogP) is 2.54. The Bertz CT molecular complexity index is 715. The molecule has 0 spiro atoms. The summed E-state index contributed by atoms with van der Waals surface area (Å²) in [6.07, 6.45) is 2.69. The summed E-state index contributed by atoms with van der Waals surface area (Å²) in [5, 5.41) is 13.7. The second-order valence-corrected chi connectivity index (χ2v) is 7.41. The molecule has 6 heteroatoms. The minimum absolute atomic E-state index is 0.0445. The van der Waals surface area contributed by atoms with Crippen molar-refractivity contribution >= 4 is 16.9 Å². The quantitative estimate of drug-likeness (QED) is 0.717. The van der Waals surface area contributed by atoms with E-state index in [2.05, 4.69) is 24.1 Å². The number of H-pyrrole nitrogens is 1. The number of carboxylic acids is 1. The lowest BCUT2D eigenvalue weighted by atomic mass is 9.95. The fourth-order valence-electron chi connectivity index (χ4n) is 3.04. The molecular weight excluding hydrogens is 320 g/mol. The second-order valence-electron chi connectivity index (χ2n) is 7.41. The van der Waals surface area contributed by atoms with E-state index in [0.29, 0.717) is 32.6 Å². The first-order valence-electron chi connectivity index (χ1n) is 8.69. The number of fused-ring (bicyclic) bond motifs is 1. The highest BCUT2D eigenvalue weighted by molar-refractivity contribution is 5.84. The number of aliphatic carboxylic acids is 1. The zero-order valence-electron chi connectivity index (χ0n) is 14.7. The average molecular weight is 346 g/mol. The molecule has 1 aromatic carbocycles. The maximum absolute atomic E-state index is 11.6. The maximum Gasteiger partial charge on any atom is 0.321 e. The summed E-state index contributed by atoms with van der Waals surface area (Å²) in [6, 6.07) is 7.27. The van der Waals surface area contributed by atoms with Crippen molar-refractivity contribution in [2.45, 2.75) is 39.0 Å². The molecule has 1 atom stereocenters. The minimum Gasteiger partial charge on any atom is -0.480 e. The Balaban J connectivity index is 1.53. The molecule has 0 aliphatic carbocycles. The van der Waals surface area contributed by atoms with E-state index in [1.165, 1.54) is 0 Å². The lowest BCUT2D eigenvalue weighted by Gasteiger charge is -2.34. The highest BCUT2D eigenvalue weighted by atomic mass is 16.7. The summed E-state index contributed by atoms with van der Waals surface area (Å²) >= 11 is 0. The summed E-state index contributed by atoms with van der Waals surface area (Å²) < 4.78 is 11.4. The minimum atomic E-state index is -0.850. The molecule has 2 aromatic rings. The summed E-state index contributed by atoms with van der Waals surface area (Å²) in [6.45, 7) is 6.06. The number of hydrogen-bond donors (Lipinski definition) is 3. The molecule has 0 amide bonds. The third-order valence-corrected chi connectivity index (χ3v) is 4.49. The van der Waals surface area contributed by atoms with Crippen LogP contribution < -0.4 is 5.32 Å². The molecule has 136 valence electrons. The number of rotatable bonds is 7. The van der Waals surface area contributed by atoms with Crippen molar-refractivity contribution in [1.29, 1.82) is 0 Å². The molecule has 0 bridgehead atoms. The van der Waals surface area contributed by atoms with Crippen molar-refractivity contribution in [2.75, 3.05) is 19.8 Å². The van der Waals surface area contributed by atoms with Crippen LogP contribution in [0.1, 0.15) is 25.8 Å². The first kappa shape index (κ1) is 17.9. The van der Waals surface area contributed by atoms with Crippen molar-refractivity contribution in [1.82, 2.24) is 10.3 Å². The van der Waals surface area contributed by atoms with Gasteiger partial charge in [0.05, 0.1) is 13.2 Å². The Morgan fingerprint density at radius 1 is 1.36 bits per heavy atom. The molecule has 1 aromatic heterocycles. The van der Waals surface area contributed by atoms with Gasteiger partial charge in [-0.15, -0.1) is 0 Å². The summed E-state index contributed by atoms with van der Waals surface area (Å²) in [4.78, 5) is 14.8. The van der Waals surface area contributed by atoms with Crippen LogP contribution in [0.5, 0.6) is 0 Å². The zero-order chi connectivity index (χ0) is 17.9. The van der Waals surface area contributed by atoms with E-state index < -0.39 is 12.0 Å². The molecule has 1 fully saturated rings. The van der Waals surface area contributed by atoms with Gasteiger partial charge in [-0.25, -0.2) is 0 Å². The molecule has 3 rings (SSSR count). The Morgan fingerprint density at radius 3 is 2.80 bits per heavy atom. The molecule has 0 radical (unpaired) electrons. The third kappa shape index (κ3) is 4.60. The van der Waals surface area contributed by atoms with E-state index in [0.717, 1.165) is 16.5 Å². The standard InChI is InChI=1S/C19H26N2O4/c1-19(2)11-24-17(25-12-19)7-8-20-16(18(22)23)9-13-10-21-15-6-4-3-5-14(13)15/h3-6,10,16-17,20-21H,7-9,11-12H2,1-2H3,(H,22,23)/t16-/m0/s1. The van der Waals surface area contributed by atoms with Gasteiger partial charge < -0.3 is 24.9 Å². The van der Waals surface area contributed by atoms with Crippen LogP contribution in [0.15, 0.2) is 30.5 Å². The van der Waals surface area contributed by atoms with Crippen LogP contribution in [-0.2, 0) is 20.7 Å². The largest absolute Gasteiger partial charge is 0.480 e. The van der Waals surface area contributed by atoms with Crippen molar-refractivity contribution < 1.29 is 19.4 Å². The van der Waals surface area contributed by atoms with Gasteiger partial charge in [0, 0.05) is 41.9 Å². The van der Waals surface area contributed by atoms with Gasteiger partial charge in [0.2, 0.25) is 0 Å². The van der Waals surface area contributed by atoms with Crippen molar-refractivity contribution in [3.05, 3.63) is 36.0 Å². The van der Waals surface area contributed by atoms with Gasteiger partial charge in [-0.05, 0) is 11.6 Å². The maximum atomic E-state index is 11.6. The van der Waals surface area contributed by atoms with Gasteiger partial charge in [-0.3, -0.25) is 4.79 Å². The number of carbonyl (C=O) groups is 1. The number of ether oxygens (including phenoxy) is 2. The Hall–Kier alpha value is -1.89. The lowest BCUT2D eigenvalue weighted by Crippen LogP contribution is -2.42. The Morgan fingerprint density at radius 2 is 2.08 bits per heavy atom. The normalized spacial score (nSPS) is 19.1. The molecule has 25 heavy (non-hydrogen) atoms. The van der Waals surface area contributed by atoms with Gasteiger partial charge >= 0.3 is 5.97 Å². The summed E-state index contributed by atoms with van der Waals surface area (Å²) in [5.74, 6) is -0.850. The monoisotopic (exact) mass is 346 g/mol. The van der Waals surface area contributed by atoms with Crippen LogP contribution >= 0.6 is 0 Å². The van der Waals surface area contributed by atoms with E-state index in [1.807, 2.05) is 30.5 Å². The van der Waals surface area contributed by atoms with E-state index in [1.54, 1.807) is 0 Å². The predicted molar refractivity (Wildman–Crippen MR) is 95.5 cm³/mol. The average Bonchev–Trinajstić information content (AvgIpc) is 2.98. The number of para-hydroxylation sites is 1. The van der Waals surface area contributed by atoms with Gasteiger partial charge in [-0.2, -0.15) is 0 Å². The fraction of sp³-hybridized carbons (Fsp3) is 0.526. The number of benzene rings is 1. The lowest BCUT2D eigenvalue weighted by molar-refractivity contribution is -0.223. The van der Waals surface area contributed by atoms with Crippen LogP contribution in [0, 0.1) is 5.41 Å². The second kappa shape index (κ2) is 7.56. The molecule has 0 saturated carbocycles. The highest BCUT2D eigenvalue weighted by Crippen LogP contribution is 2.24. The molecular formula is C19H26N2O4. The molecule has 1 aliphatic heterocycles. The number of carboxylic acid groups (broad SMARTS) is 1. The third-order valence-electron chi connectivity index (χ3n) is 4.49. The topological polar surface area (TPSA) is 83.6 Å². The van der Waals surface area contributed by atoms with Crippen LogP contribution in [0.3, 0.4) is 0 Å². The van der Waals surface area contributed by atoms with Crippen molar-refractivity contribution in [2.24, 2.45) is 5.41 Å². The van der Waals surface area contributed by atoms with Gasteiger partial charge in [0.25, 0.3) is 0 Å². The smallest absolute Gasteiger partial charge is 0.321 e. The molecule has 1 aliphatic rings. The first-order valence-corrected chi connectivity index (χ1v) is 8.69. The molecule has 3 N–H and O–H groups in total. The van der Waals surface area contributed by atoms with Gasteiger partial charge in [0.15, 0.2) is 6.29 Å². The Kier molecular flexibility index (Phi) is 5.42. The summed E-state index contributed by atoms with van der Waals surface area (Å²) in [5.41, 5.74) is 2.07. The molecule has 2 heterocycles. The molecule has 6 nitrogen and oxygen atoms in total.